The molecule has 1 saturated heterocycles. The van der Waals surface area contributed by atoms with Gasteiger partial charge in [-0.05, 0) is 42.0 Å². The van der Waals surface area contributed by atoms with E-state index in [2.05, 4.69) is 30.1 Å². The number of benzene rings is 1. The van der Waals surface area contributed by atoms with Gasteiger partial charge in [-0.3, -0.25) is 9.98 Å². The fourth-order valence-corrected chi connectivity index (χ4v) is 3.47. The highest BCUT2D eigenvalue weighted by molar-refractivity contribution is 14.0. The summed E-state index contributed by atoms with van der Waals surface area (Å²) < 4.78 is 20.0. The van der Waals surface area contributed by atoms with E-state index < -0.39 is 5.82 Å². The van der Waals surface area contributed by atoms with Gasteiger partial charge in [0.25, 0.3) is 0 Å². The summed E-state index contributed by atoms with van der Waals surface area (Å²) in [6.45, 7) is 3.88. The number of hydrogen-bond acceptors (Lipinski definition) is 5. The van der Waals surface area contributed by atoms with Crippen LogP contribution in [0.5, 0.6) is 11.5 Å². The highest BCUT2D eigenvalue weighted by atomic mass is 127. The zero-order chi connectivity index (χ0) is 21.5. The Morgan fingerprint density at radius 3 is 2.59 bits per heavy atom. The van der Waals surface area contributed by atoms with E-state index >= 15 is 0 Å². The molecule has 1 aliphatic heterocycles. The van der Waals surface area contributed by atoms with E-state index in [4.69, 9.17) is 4.74 Å². The van der Waals surface area contributed by atoms with Gasteiger partial charge in [0.05, 0.1) is 6.20 Å². The number of halogens is 2. The molecule has 3 heterocycles. The number of piperazine rings is 1. The molecule has 168 valence electrons. The molecule has 1 aliphatic rings. The fraction of sp³-hybridized carbons (Fsp3) is 0.261. The molecule has 4 rings (SSSR count). The fourth-order valence-electron chi connectivity index (χ4n) is 3.47. The van der Waals surface area contributed by atoms with Gasteiger partial charge in [-0.2, -0.15) is 0 Å². The second-order valence-electron chi connectivity index (χ2n) is 7.12. The first-order valence-electron chi connectivity index (χ1n) is 10.2. The molecular weight excluding hydrogens is 522 g/mol. The van der Waals surface area contributed by atoms with Crippen molar-refractivity contribution in [3.63, 3.8) is 0 Å². The first-order chi connectivity index (χ1) is 15.2. The molecule has 0 spiro atoms. The van der Waals surface area contributed by atoms with Crippen molar-refractivity contribution in [2.24, 2.45) is 4.99 Å². The van der Waals surface area contributed by atoms with Gasteiger partial charge in [0, 0.05) is 52.2 Å². The number of guanidine groups is 1. The minimum absolute atomic E-state index is 0. The molecule has 7 nitrogen and oxygen atoms in total. The van der Waals surface area contributed by atoms with E-state index in [1.807, 2.05) is 30.5 Å². The first-order valence-corrected chi connectivity index (χ1v) is 10.2. The van der Waals surface area contributed by atoms with E-state index in [1.54, 1.807) is 37.6 Å². The van der Waals surface area contributed by atoms with Gasteiger partial charge in [-0.1, -0.05) is 12.1 Å². The van der Waals surface area contributed by atoms with E-state index in [9.17, 15) is 4.39 Å². The standard InChI is InChI=1S/C23H25FN6O.HI/c1-25-23(30-13-11-29(12-14-30)22-6-2-3-10-27-22)28-16-18-7-8-21(20(24)15-18)31-19-5-4-9-26-17-19;/h2-10,15,17H,11-14,16H2,1H3,(H,25,28);1H. The lowest BCUT2D eigenvalue weighted by atomic mass is 10.2. The molecule has 0 saturated carbocycles. The second-order valence-corrected chi connectivity index (χ2v) is 7.12. The number of anilines is 1. The number of nitrogens with one attached hydrogen (secondary N) is 1. The van der Waals surface area contributed by atoms with Crippen LogP contribution in [0.25, 0.3) is 0 Å². The highest BCUT2D eigenvalue weighted by Crippen LogP contribution is 2.24. The number of ether oxygens (including phenoxy) is 1. The third-order valence-electron chi connectivity index (χ3n) is 5.07. The topological polar surface area (TPSA) is 65.9 Å². The molecule has 2 aromatic heterocycles. The monoisotopic (exact) mass is 548 g/mol. The Labute approximate surface area is 204 Å². The molecule has 0 bridgehead atoms. The number of rotatable bonds is 5. The third-order valence-corrected chi connectivity index (χ3v) is 5.07. The minimum Gasteiger partial charge on any atom is -0.453 e. The summed E-state index contributed by atoms with van der Waals surface area (Å²) in [6, 6.07) is 14.4. The van der Waals surface area contributed by atoms with Crippen LogP contribution in [-0.4, -0.2) is 54.1 Å². The predicted molar refractivity (Wildman–Crippen MR) is 134 cm³/mol. The Morgan fingerprint density at radius 1 is 1.09 bits per heavy atom. The molecule has 0 amide bonds. The maximum Gasteiger partial charge on any atom is 0.194 e. The SMILES string of the molecule is CN=C(NCc1ccc(Oc2cccnc2)c(F)c1)N1CCN(c2ccccn2)CC1.I. The average Bonchev–Trinajstić information content (AvgIpc) is 2.83. The zero-order valence-electron chi connectivity index (χ0n) is 17.8. The third kappa shape index (κ3) is 6.06. The zero-order valence-corrected chi connectivity index (χ0v) is 20.1. The number of nitrogens with zero attached hydrogens (tertiary/aromatic N) is 5. The van der Waals surface area contributed by atoms with Crippen LogP contribution in [-0.2, 0) is 6.54 Å². The second kappa shape index (κ2) is 11.6. The maximum absolute atomic E-state index is 14.5. The van der Waals surface area contributed by atoms with Crippen molar-refractivity contribution < 1.29 is 9.13 Å². The minimum atomic E-state index is -0.415. The van der Waals surface area contributed by atoms with E-state index in [-0.39, 0.29) is 29.7 Å². The van der Waals surface area contributed by atoms with Crippen molar-refractivity contribution in [1.29, 1.82) is 0 Å². The largest absolute Gasteiger partial charge is 0.453 e. The lowest BCUT2D eigenvalue weighted by Gasteiger charge is -2.37. The first kappa shape index (κ1) is 23.7. The smallest absolute Gasteiger partial charge is 0.194 e. The molecular formula is C23H26FIN6O. The van der Waals surface area contributed by atoms with Crippen molar-refractivity contribution in [3.8, 4) is 11.5 Å². The van der Waals surface area contributed by atoms with E-state index in [0.29, 0.717) is 12.3 Å². The highest BCUT2D eigenvalue weighted by Gasteiger charge is 2.20. The van der Waals surface area contributed by atoms with E-state index in [1.165, 1.54) is 6.07 Å². The van der Waals surface area contributed by atoms with Gasteiger partial charge in [-0.15, -0.1) is 24.0 Å². The molecule has 0 atom stereocenters. The molecule has 0 aliphatic carbocycles. The quantitative estimate of drug-likeness (QED) is 0.296. The van der Waals surface area contributed by atoms with Crippen LogP contribution >= 0.6 is 24.0 Å². The van der Waals surface area contributed by atoms with Gasteiger partial charge in [-0.25, -0.2) is 9.37 Å². The Morgan fingerprint density at radius 2 is 1.94 bits per heavy atom. The summed E-state index contributed by atoms with van der Waals surface area (Å²) in [4.78, 5) is 17.3. The number of aliphatic imine (C=N–C) groups is 1. The number of pyridine rings is 2. The summed E-state index contributed by atoms with van der Waals surface area (Å²) in [5.74, 6) is 2.05. The number of aromatic nitrogens is 2. The average molecular weight is 548 g/mol. The van der Waals surface area contributed by atoms with Crippen LogP contribution < -0.4 is 15.0 Å². The van der Waals surface area contributed by atoms with Crippen molar-refractivity contribution in [2.45, 2.75) is 6.54 Å². The Bertz CT molecular complexity index is 1010. The molecule has 1 aromatic carbocycles. The molecule has 1 fully saturated rings. The van der Waals surface area contributed by atoms with Crippen LogP contribution in [0.3, 0.4) is 0 Å². The van der Waals surface area contributed by atoms with Crippen LogP contribution in [0.2, 0.25) is 0 Å². The number of hydrogen-bond donors (Lipinski definition) is 1. The Kier molecular flexibility index (Phi) is 8.60. The maximum atomic E-state index is 14.5. The summed E-state index contributed by atoms with van der Waals surface area (Å²) in [5.41, 5.74) is 0.810. The van der Waals surface area contributed by atoms with Gasteiger partial charge >= 0.3 is 0 Å². The van der Waals surface area contributed by atoms with Gasteiger partial charge in [0.2, 0.25) is 0 Å². The van der Waals surface area contributed by atoms with Crippen molar-refractivity contribution in [2.75, 3.05) is 38.1 Å². The molecule has 0 radical (unpaired) electrons. The van der Waals surface area contributed by atoms with Crippen molar-refractivity contribution in [3.05, 3.63) is 78.5 Å². The van der Waals surface area contributed by atoms with Crippen LogP contribution in [0, 0.1) is 5.82 Å². The molecule has 9 heteroatoms. The predicted octanol–water partition coefficient (Wildman–Crippen LogP) is 3.92. The lowest BCUT2D eigenvalue weighted by molar-refractivity contribution is 0.371. The van der Waals surface area contributed by atoms with Gasteiger partial charge in [0.15, 0.2) is 17.5 Å². The molecule has 1 N–H and O–H groups in total. The van der Waals surface area contributed by atoms with E-state index in [0.717, 1.165) is 43.5 Å². The Hall–Kier alpha value is -2.95. The van der Waals surface area contributed by atoms with Crippen LogP contribution in [0.4, 0.5) is 10.2 Å². The molecule has 0 unspecified atom stereocenters. The summed E-state index contributed by atoms with van der Waals surface area (Å²) in [5, 5.41) is 3.33. The summed E-state index contributed by atoms with van der Waals surface area (Å²) >= 11 is 0. The van der Waals surface area contributed by atoms with Gasteiger partial charge < -0.3 is 19.9 Å². The van der Waals surface area contributed by atoms with Crippen molar-refractivity contribution in [1.82, 2.24) is 20.2 Å². The Balaban J connectivity index is 0.00000289. The molecule has 32 heavy (non-hydrogen) atoms. The van der Waals surface area contributed by atoms with Crippen LogP contribution in [0.1, 0.15) is 5.56 Å². The normalized spacial score (nSPS) is 14.0. The van der Waals surface area contributed by atoms with Crippen LogP contribution in [0.15, 0.2) is 72.1 Å². The molecule has 3 aromatic rings. The summed E-state index contributed by atoms with van der Waals surface area (Å²) in [6.07, 6.45) is 5.00. The van der Waals surface area contributed by atoms with Gasteiger partial charge in [0.1, 0.15) is 11.6 Å². The lowest BCUT2D eigenvalue weighted by Crippen LogP contribution is -2.52. The van der Waals surface area contributed by atoms with Crippen molar-refractivity contribution >= 4 is 35.8 Å². The summed E-state index contributed by atoms with van der Waals surface area (Å²) in [7, 11) is 1.76.